The molecular formula is C18H26N2O2. The average Bonchev–Trinajstić information content (AvgIpc) is 3.00. The second kappa shape index (κ2) is 6.80. The molecule has 2 atom stereocenters. The zero-order valence-corrected chi connectivity index (χ0v) is 13.4. The first-order valence-corrected chi connectivity index (χ1v) is 8.39. The number of hydrogen-bond acceptors (Lipinski definition) is 3. The molecular weight excluding hydrogens is 276 g/mol. The topological polar surface area (TPSA) is 43.8 Å². The Labute approximate surface area is 132 Å². The Hall–Kier alpha value is -1.39. The van der Waals surface area contributed by atoms with Crippen molar-refractivity contribution < 1.29 is 9.90 Å². The van der Waals surface area contributed by atoms with Gasteiger partial charge in [0.25, 0.3) is 0 Å². The van der Waals surface area contributed by atoms with Crippen LogP contribution in [0.3, 0.4) is 0 Å². The summed E-state index contributed by atoms with van der Waals surface area (Å²) < 4.78 is 0. The zero-order chi connectivity index (χ0) is 15.5. The first-order chi connectivity index (χ1) is 10.7. The lowest BCUT2D eigenvalue weighted by molar-refractivity contribution is -0.134. The molecule has 1 aromatic carbocycles. The number of likely N-dealkylation sites (tertiary alicyclic amines) is 1. The third-order valence-corrected chi connectivity index (χ3v) is 5.25. The van der Waals surface area contributed by atoms with E-state index in [2.05, 4.69) is 29.2 Å². The van der Waals surface area contributed by atoms with Crippen molar-refractivity contribution in [3.8, 4) is 0 Å². The van der Waals surface area contributed by atoms with Gasteiger partial charge in [-0.2, -0.15) is 0 Å². The number of likely N-dealkylation sites (N-methyl/N-ethyl adjacent to an activating group) is 1. The van der Waals surface area contributed by atoms with Crippen molar-refractivity contribution in [2.24, 2.45) is 0 Å². The number of aryl methyl sites for hydroxylation is 1. The van der Waals surface area contributed by atoms with Crippen LogP contribution in [0.25, 0.3) is 0 Å². The standard InChI is InChI=1S/C18H26N2O2/c1-19(18(22)12-20-11-5-8-15(20)13-21)17-10-4-7-14-6-2-3-9-16(14)17/h2-3,6,9,15,17,21H,4-5,7-8,10-13H2,1H3/t15-,17+/m1/s1. The highest BCUT2D eigenvalue weighted by Crippen LogP contribution is 2.33. The summed E-state index contributed by atoms with van der Waals surface area (Å²) in [6.07, 6.45) is 5.38. The molecule has 1 aliphatic carbocycles. The minimum absolute atomic E-state index is 0.156. The summed E-state index contributed by atoms with van der Waals surface area (Å²) in [5, 5.41) is 9.40. The molecule has 22 heavy (non-hydrogen) atoms. The van der Waals surface area contributed by atoms with Crippen LogP contribution in [-0.4, -0.2) is 53.6 Å². The van der Waals surface area contributed by atoms with Gasteiger partial charge in [0.15, 0.2) is 0 Å². The number of nitrogens with zero attached hydrogens (tertiary/aromatic N) is 2. The van der Waals surface area contributed by atoms with E-state index in [1.807, 2.05) is 11.9 Å². The molecule has 1 amide bonds. The molecule has 0 unspecified atom stereocenters. The quantitative estimate of drug-likeness (QED) is 0.925. The van der Waals surface area contributed by atoms with Crippen LogP contribution in [0.5, 0.6) is 0 Å². The van der Waals surface area contributed by atoms with Crippen molar-refractivity contribution in [2.45, 2.75) is 44.2 Å². The minimum Gasteiger partial charge on any atom is -0.395 e. The molecule has 0 radical (unpaired) electrons. The number of fused-ring (bicyclic) bond motifs is 1. The summed E-state index contributed by atoms with van der Waals surface area (Å²) in [4.78, 5) is 16.7. The fraction of sp³-hybridized carbons (Fsp3) is 0.611. The van der Waals surface area contributed by atoms with E-state index in [0.29, 0.717) is 6.54 Å². The lowest BCUT2D eigenvalue weighted by atomic mass is 9.87. The van der Waals surface area contributed by atoms with Crippen LogP contribution in [0.1, 0.15) is 42.9 Å². The number of hydrogen-bond donors (Lipinski definition) is 1. The molecule has 1 N–H and O–H groups in total. The summed E-state index contributed by atoms with van der Waals surface area (Å²) in [6, 6.07) is 8.86. The van der Waals surface area contributed by atoms with Gasteiger partial charge >= 0.3 is 0 Å². The molecule has 0 bridgehead atoms. The van der Waals surface area contributed by atoms with Crippen LogP contribution < -0.4 is 0 Å². The third-order valence-electron chi connectivity index (χ3n) is 5.25. The molecule has 0 spiro atoms. The smallest absolute Gasteiger partial charge is 0.237 e. The van der Waals surface area contributed by atoms with Gasteiger partial charge in [0.05, 0.1) is 19.2 Å². The molecule has 1 aliphatic heterocycles. The fourth-order valence-electron chi connectivity index (χ4n) is 3.90. The predicted molar refractivity (Wildman–Crippen MR) is 86.6 cm³/mol. The summed E-state index contributed by atoms with van der Waals surface area (Å²) in [5.41, 5.74) is 2.69. The molecule has 1 saturated heterocycles. The maximum atomic E-state index is 12.7. The highest BCUT2D eigenvalue weighted by atomic mass is 16.3. The zero-order valence-electron chi connectivity index (χ0n) is 13.4. The van der Waals surface area contributed by atoms with Crippen molar-refractivity contribution in [3.05, 3.63) is 35.4 Å². The maximum Gasteiger partial charge on any atom is 0.237 e. The van der Waals surface area contributed by atoms with Gasteiger partial charge in [-0.15, -0.1) is 0 Å². The summed E-state index contributed by atoms with van der Waals surface area (Å²) in [5.74, 6) is 0.169. The van der Waals surface area contributed by atoms with E-state index in [9.17, 15) is 9.90 Å². The maximum absolute atomic E-state index is 12.7. The molecule has 2 aliphatic rings. The number of amides is 1. The van der Waals surface area contributed by atoms with E-state index in [1.165, 1.54) is 11.1 Å². The number of aliphatic hydroxyl groups excluding tert-OH is 1. The monoisotopic (exact) mass is 302 g/mol. The van der Waals surface area contributed by atoms with E-state index in [1.54, 1.807) is 0 Å². The Morgan fingerprint density at radius 1 is 1.32 bits per heavy atom. The summed E-state index contributed by atoms with van der Waals surface area (Å²) >= 11 is 0. The molecule has 120 valence electrons. The predicted octanol–water partition coefficient (Wildman–Crippen LogP) is 1.98. The Kier molecular flexibility index (Phi) is 4.79. The van der Waals surface area contributed by atoms with Gasteiger partial charge in [-0.3, -0.25) is 9.69 Å². The second-order valence-electron chi connectivity index (χ2n) is 6.56. The van der Waals surface area contributed by atoms with Gasteiger partial charge in [0.2, 0.25) is 5.91 Å². The molecule has 4 nitrogen and oxygen atoms in total. The van der Waals surface area contributed by atoms with Crippen LogP contribution in [0.15, 0.2) is 24.3 Å². The van der Waals surface area contributed by atoms with E-state index in [4.69, 9.17) is 0 Å². The molecule has 1 heterocycles. The molecule has 4 heteroatoms. The molecule has 3 rings (SSSR count). The van der Waals surface area contributed by atoms with Crippen molar-refractivity contribution in [1.29, 1.82) is 0 Å². The third kappa shape index (κ3) is 3.03. The first kappa shape index (κ1) is 15.5. The Balaban J connectivity index is 1.69. The van der Waals surface area contributed by atoms with Crippen molar-refractivity contribution >= 4 is 5.91 Å². The number of benzene rings is 1. The van der Waals surface area contributed by atoms with Gasteiger partial charge in [0, 0.05) is 13.1 Å². The largest absolute Gasteiger partial charge is 0.395 e. The van der Waals surface area contributed by atoms with Gasteiger partial charge in [0.1, 0.15) is 0 Å². The Bertz CT molecular complexity index is 532. The van der Waals surface area contributed by atoms with Crippen LogP contribution in [0, 0.1) is 0 Å². The molecule has 1 fully saturated rings. The van der Waals surface area contributed by atoms with Crippen molar-refractivity contribution in [3.63, 3.8) is 0 Å². The van der Waals surface area contributed by atoms with Crippen LogP contribution in [0.4, 0.5) is 0 Å². The number of rotatable bonds is 4. The lowest BCUT2D eigenvalue weighted by Crippen LogP contribution is -2.43. The van der Waals surface area contributed by atoms with E-state index >= 15 is 0 Å². The summed E-state index contributed by atoms with van der Waals surface area (Å²) in [6.45, 7) is 1.51. The Morgan fingerprint density at radius 3 is 2.95 bits per heavy atom. The van der Waals surface area contributed by atoms with Crippen molar-refractivity contribution in [1.82, 2.24) is 9.80 Å². The van der Waals surface area contributed by atoms with E-state index in [0.717, 1.165) is 38.6 Å². The highest BCUT2D eigenvalue weighted by Gasteiger charge is 2.30. The second-order valence-corrected chi connectivity index (χ2v) is 6.56. The van der Waals surface area contributed by atoms with Gasteiger partial charge in [-0.05, 0) is 49.8 Å². The number of carbonyl (C=O) groups excluding carboxylic acids is 1. The number of carbonyl (C=O) groups is 1. The van der Waals surface area contributed by atoms with Crippen LogP contribution >= 0.6 is 0 Å². The molecule has 0 aromatic heterocycles. The van der Waals surface area contributed by atoms with Crippen LogP contribution in [-0.2, 0) is 11.2 Å². The van der Waals surface area contributed by atoms with Crippen LogP contribution in [0.2, 0.25) is 0 Å². The normalized spacial score (nSPS) is 25.0. The van der Waals surface area contributed by atoms with Gasteiger partial charge in [-0.1, -0.05) is 24.3 Å². The van der Waals surface area contributed by atoms with Gasteiger partial charge in [-0.25, -0.2) is 0 Å². The SMILES string of the molecule is CN(C(=O)CN1CCC[C@@H]1CO)[C@H]1CCCc2ccccc21. The van der Waals surface area contributed by atoms with Gasteiger partial charge < -0.3 is 10.0 Å². The molecule has 0 saturated carbocycles. The van der Waals surface area contributed by atoms with E-state index in [-0.39, 0.29) is 24.6 Å². The highest BCUT2D eigenvalue weighted by molar-refractivity contribution is 5.78. The lowest BCUT2D eigenvalue weighted by Gasteiger charge is -2.34. The van der Waals surface area contributed by atoms with E-state index < -0.39 is 0 Å². The number of aliphatic hydroxyl groups is 1. The summed E-state index contributed by atoms with van der Waals surface area (Å²) in [7, 11) is 1.93. The molecule has 1 aromatic rings. The average molecular weight is 302 g/mol. The fourth-order valence-corrected chi connectivity index (χ4v) is 3.90. The minimum atomic E-state index is 0.156. The Morgan fingerprint density at radius 2 is 2.14 bits per heavy atom. The van der Waals surface area contributed by atoms with Crippen molar-refractivity contribution in [2.75, 3.05) is 26.7 Å². The first-order valence-electron chi connectivity index (χ1n) is 8.39.